The van der Waals surface area contributed by atoms with Crippen molar-refractivity contribution in [2.24, 2.45) is 0 Å². The van der Waals surface area contributed by atoms with Crippen LogP contribution in [0.5, 0.6) is 0 Å². The summed E-state index contributed by atoms with van der Waals surface area (Å²) in [6.45, 7) is 0.306. The quantitative estimate of drug-likeness (QED) is 0.163. The fourth-order valence-electron chi connectivity index (χ4n) is 5.53. The molecule has 0 saturated heterocycles. The standard InChI is InChI=1S/C40H31F3N4O3/c1-47(39(50)33-15-9-8-14-32(33)27-16-20-31(21-17-27)40(41,42)43)35-23-19-29-24-30(18-22-34(29)45-35)37(48)46-36(28-12-6-3-7-13-28)38(49)44-25-26-10-4-2-5-11-26/h2-24,36H,25H2,1H3,(H,44,49)(H,46,48)/t36-/m0/s1. The van der Waals surface area contributed by atoms with Crippen molar-refractivity contribution in [3.8, 4) is 11.1 Å². The molecule has 1 heterocycles. The minimum Gasteiger partial charge on any atom is -0.350 e. The third-order valence-electron chi connectivity index (χ3n) is 8.25. The lowest BCUT2D eigenvalue weighted by Crippen LogP contribution is -2.40. The van der Waals surface area contributed by atoms with Crippen LogP contribution in [0.1, 0.15) is 43.4 Å². The highest BCUT2D eigenvalue weighted by atomic mass is 19.4. The van der Waals surface area contributed by atoms with Crippen LogP contribution in [0.3, 0.4) is 0 Å². The number of carbonyl (C=O) groups is 3. The third kappa shape index (κ3) is 7.55. The van der Waals surface area contributed by atoms with Crippen LogP contribution in [-0.2, 0) is 17.5 Å². The van der Waals surface area contributed by atoms with Gasteiger partial charge in [-0.1, -0.05) is 91.0 Å². The molecule has 250 valence electrons. The molecule has 10 heteroatoms. The van der Waals surface area contributed by atoms with Gasteiger partial charge in [-0.15, -0.1) is 0 Å². The smallest absolute Gasteiger partial charge is 0.350 e. The van der Waals surface area contributed by atoms with E-state index in [4.69, 9.17) is 0 Å². The van der Waals surface area contributed by atoms with Crippen molar-refractivity contribution >= 4 is 34.4 Å². The number of benzene rings is 5. The van der Waals surface area contributed by atoms with Crippen LogP contribution in [0.25, 0.3) is 22.0 Å². The van der Waals surface area contributed by atoms with Gasteiger partial charge in [0.2, 0.25) is 5.91 Å². The summed E-state index contributed by atoms with van der Waals surface area (Å²) in [4.78, 5) is 46.4. The maximum Gasteiger partial charge on any atom is 0.416 e. The highest BCUT2D eigenvalue weighted by molar-refractivity contribution is 6.10. The van der Waals surface area contributed by atoms with E-state index in [-0.39, 0.29) is 5.91 Å². The largest absolute Gasteiger partial charge is 0.416 e. The summed E-state index contributed by atoms with van der Waals surface area (Å²) in [5.41, 5.74) is 2.87. The summed E-state index contributed by atoms with van der Waals surface area (Å²) >= 11 is 0. The number of nitrogens with one attached hydrogen (secondary N) is 2. The van der Waals surface area contributed by atoms with E-state index >= 15 is 0 Å². The molecule has 50 heavy (non-hydrogen) atoms. The van der Waals surface area contributed by atoms with Crippen LogP contribution in [0.2, 0.25) is 0 Å². The first-order valence-electron chi connectivity index (χ1n) is 15.7. The molecule has 1 atom stereocenters. The van der Waals surface area contributed by atoms with Crippen molar-refractivity contribution in [3.05, 3.63) is 167 Å². The van der Waals surface area contributed by atoms with E-state index in [0.717, 1.165) is 17.7 Å². The van der Waals surface area contributed by atoms with Crippen LogP contribution in [0.15, 0.2) is 140 Å². The Balaban J connectivity index is 1.19. The second kappa shape index (κ2) is 14.4. The monoisotopic (exact) mass is 672 g/mol. The molecule has 0 fully saturated rings. The van der Waals surface area contributed by atoms with Crippen LogP contribution in [0.4, 0.5) is 19.0 Å². The number of alkyl halides is 3. The van der Waals surface area contributed by atoms with Crippen molar-refractivity contribution in [2.45, 2.75) is 18.8 Å². The molecular weight excluding hydrogens is 641 g/mol. The average molecular weight is 673 g/mol. The van der Waals surface area contributed by atoms with E-state index in [0.29, 0.717) is 51.1 Å². The van der Waals surface area contributed by atoms with Gasteiger partial charge in [0.15, 0.2) is 0 Å². The topological polar surface area (TPSA) is 91.4 Å². The molecule has 0 saturated carbocycles. The molecule has 0 aliphatic heterocycles. The van der Waals surface area contributed by atoms with Crippen LogP contribution in [-0.4, -0.2) is 29.8 Å². The molecule has 1 aromatic heterocycles. The number of halogens is 3. The zero-order chi connectivity index (χ0) is 35.3. The fourth-order valence-corrected chi connectivity index (χ4v) is 5.53. The van der Waals surface area contributed by atoms with E-state index < -0.39 is 29.6 Å². The van der Waals surface area contributed by atoms with Crippen LogP contribution < -0.4 is 15.5 Å². The zero-order valence-corrected chi connectivity index (χ0v) is 26.8. The van der Waals surface area contributed by atoms with Gasteiger partial charge in [0.25, 0.3) is 11.8 Å². The van der Waals surface area contributed by atoms with Crippen LogP contribution >= 0.6 is 0 Å². The van der Waals surface area contributed by atoms with Gasteiger partial charge in [0.05, 0.1) is 11.1 Å². The maximum absolute atomic E-state index is 13.7. The Morgan fingerprint density at radius 1 is 0.760 bits per heavy atom. The Morgan fingerprint density at radius 2 is 1.42 bits per heavy atom. The Morgan fingerprint density at radius 3 is 2.12 bits per heavy atom. The minimum absolute atomic E-state index is 0.296. The number of fused-ring (bicyclic) bond motifs is 1. The van der Waals surface area contributed by atoms with Gasteiger partial charge in [-0.2, -0.15) is 13.2 Å². The number of carbonyl (C=O) groups excluding carboxylic acids is 3. The molecule has 6 rings (SSSR count). The average Bonchev–Trinajstić information content (AvgIpc) is 3.15. The molecule has 6 aromatic rings. The molecule has 7 nitrogen and oxygen atoms in total. The fraction of sp³-hybridized carbons (Fsp3) is 0.100. The number of hydrogen-bond donors (Lipinski definition) is 2. The summed E-state index contributed by atoms with van der Waals surface area (Å²) < 4.78 is 39.3. The lowest BCUT2D eigenvalue weighted by atomic mass is 9.98. The molecule has 0 bridgehead atoms. The highest BCUT2D eigenvalue weighted by Crippen LogP contribution is 2.32. The SMILES string of the molecule is CN(C(=O)c1ccccc1-c1ccc(C(F)(F)F)cc1)c1ccc2cc(C(=O)N[C@H](C(=O)NCc3ccccc3)c3ccccc3)ccc2n1. The van der Waals surface area contributed by atoms with Gasteiger partial charge in [0, 0.05) is 30.1 Å². The van der Waals surface area contributed by atoms with Gasteiger partial charge < -0.3 is 10.6 Å². The summed E-state index contributed by atoms with van der Waals surface area (Å²) in [7, 11) is 1.56. The van der Waals surface area contributed by atoms with Crippen molar-refractivity contribution < 1.29 is 27.6 Å². The highest BCUT2D eigenvalue weighted by Gasteiger charge is 2.30. The molecule has 0 radical (unpaired) electrons. The maximum atomic E-state index is 13.7. The molecule has 0 spiro atoms. The van der Waals surface area contributed by atoms with Crippen molar-refractivity contribution in [2.75, 3.05) is 11.9 Å². The van der Waals surface area contributed by atoms with E-state index in [1.807, 2.05) is 36.4 Å². The van der Waals surface area contributed by atoms with E-state index in [1.54, 1.807) is 85.9 Å². The number of hydrogen-bond acceptors (Lipinski definition) is 4. The first-order chi connectivity index (χ1) is 24.1. The zero-order valence-electron chi connectivity index (χ0n) is 26.8. The van der Waals surface area contributed by atoms with Crippen molar-refractivity contribution in [1.82, 2.24) is 15.6 Å². The van der Waals surface area contributed by atoms with E-state index in [1.165, 1.54) is 17.0 Å². The Hall–Kier alpha value is -6.29. The molecule has 0 aliphatic carbocycles. The summed E-state index contributed by atoms with van der Waals surface area (Å²) in [6.07, 6.45) is -4.47. The van der Waals surface area contributed by atoms with Crippen molar-refractivity contribution in [3.63, 3.8) is 0 Å². The first kappa shape index (κ1) is 33.6. The normalized spacial score (nSPS) is 11.8. The predicted octanol–water partition coefficient (Wildman–Crippen LogP) is 7.98. The van der Waals surface area contributed by atoms with E-state index in [2.05, 4.69) is 15.6 Å². The lowest BCUT2D eigenvalue weighted by Gasteiger charge is -2.20. The second-order valence-electron chi connectivity index (χ2n) is 11.6. The molecule has 3 amide bonds. The van der Waals surface area contributed by atoms with Gasteiger partial charge >= 0.3 is 6.18 Å². The second-order valence-corrected chi connectivity index (χ2v) is 11.6. The number of pyridine rings is 1. The third-order valence-corrected chi connectivity index (χ3v) is 8.25. The molecule has 2 N–H and O–H groups in total. The molecular formula is C40H31F3N4O3. The Kier molecular flexibility index (Phi) is 9.71. The predicted molar refractivity (Wildman–Crippen MR) is 186 cm³/mol. The number of rotatable bonds is 9. The summed E-state index contributed by atoms with van der Waals surface area (Å²) in [6, 6.07) is 37.2. The molecule has 0 aliphatic rings. The number of anilines is 1. The molecule has 0 unspecified atom stereocenters. The summed E-state index contributed by atoms with van der Waals surface area (Å²) in [5, 5.41) is 6.40. The first-order valence-corrected chi connectivity index (χ1v) is 15.7. The number of aromatic nitrogens is 1. The summed E-state index contributed by atoms with van der Waals surface area (Å²) in [5.74, 6) is -0.873. The van der Waals surface area contributed by atoms with Gasteiger partial charge in [-0.3, -0.25) is 19.3 Å². The number of nitrogens with zero attached hydrogens (tertiary/aromatic N) is 2. The molecule has 5 aromatic carbocycles. The number of amides is 3. The Labute approximate surface area is 286 Å². The lowest BCUT2D eigenvalue weighted by molar-refractivity contribution is -0.137. The van der Waals surface area contributed by atoms with E-state index in [9.17, 15) is 27.6 Å². The van der Waals surface area contributed by atoms with Gasteiger partial charge in [-0.05, 0) is 70.8 Å². The minimum atomic E-state index is -4.47. The van der Waals surface area contributed by atoms with Gasteiger partial charge in [-0.25, -0.2) is 4.98 Å². The Bertz CT molecular complexity index is 2160. The van der Waals surface area contributed by atoms with Crippen molar-refractivity contribution in [1.29, 1.82) is 0 Å². The van der Waals surface area contributed by atoms with Gasteiger partial charge in [0.1, 0.15) is 11.9 Å². The van der Waals surface area contributed by atoms with Crippen LogP contribution in [0, 0.1) is 0 Å².